The summed E-state index contributed by atoms with van der Waals surface area (Å²) < 4.78 is 1.77. The number of hydrogen-bond acceptors (Lipinski definition) is 3. The van der Waals surface area contributed by atoms with Crippen LogP contribution in [0.5, 0.6) is 0 Å². The second-order valence-corrected chi connectivity index (χ2v) is 3.96. The minimum Gasteiger partial charge on any atom is -0.256 e. The normalized spacial score (nSPS) is 13.4. The van der Waals surface area contributed by atoms with Crippen LogP contribution in [0.15, 0.2) is 6.20 Å². The molecular formula is C9H11ClN4. The molecule has 2 rings (SSSR count). The molecule has 2 aromatic heterocycles. The number of fused-ring (bicyclic) bond motifs is 1. The first kappa shape index (κ1) is 9.40. The summed E-state index contributed by atoms with van der Waals surface area (Å²) in [7, 11) is 0. The van der Waals surface area contributed by atoms with Gasteiger partial charge in [0.25, 0.3) is 0 Å². The van der Waals surface area contributed by atoms with E-state index in [9.17, 15) is 0 Å². The van der Waals surface area contributed by atoms with E-state index in [2.05, 4.69) is 15.1 Å². The van der Waals surface area contributed by atoms with E-state index in [4.69, 9.17) is 11.6 Å². The van der Waals surface area contributed by atoms with E-state index < -0.39 is 0 Å². The van der Waals surface area contributed by atoms with Gasteiger partial charge in [-0.25, -0.2) is 9.50 Å². The zero-order chi connectivity index (χ0) is 10.3. The molecule has 0 unspecified atom stereocenters. The Morgan fingerprint density at radius 1 is 1.43 bits per heavy atom. The van der Waals surface area contributed by atoms with Gasteiger partial charge >= 0.3 is 0 Å². The zero-order valence-electron chi connectivity index (χ0n) is 8.32. The highest BCUT2D eigenvalue weighted by atomic mass is 35.5. The molecule has 0 bridgehead atoms. The number of aryl methyl sites for hydroxylation is 2. The van der Waals surface area contributed by atoms with Crippen LogP contribution in [-0.4, -0.2) is 19.6 Å². The van der Waals surface area contributed by atoms with Crippen molar-refractivity contribution in [3.8, 4) is 0 Å². The highest BCUT2D eigenvalue weighted by Gasteiger charge is 2.11. The Labute approximate surface area is 86.9 Å². The second-order valence-electron chi connectivity index (χ2n) is 3.31. The average molecular weight is 211 g/mol. The first-order chi connectivity index (χ1) is 6.59. The van der Waals surface area contributed by atoms with Gasteiger partial charge in [-0.15, -0.1) is 16.7 Å². The molecule has 5 heteroatoms. The van der Waals surface area contributed by atoms with Gasteiger partial charge in [0.05, 0.1) is 16.8 Å². The van der Waals surface area contributed by atoms with E-state index in [1.165, 1.54) is 0 Å². The number of hydrogen-bond donors (Lipinski definition) is 0. The van der Waals surface area contributed by atoms with E-state index in [1.807, 2.05) is 20.8 Å². The Bertz CT molecular complexity index is 436. The lowest BCUT2D eigenvalue weighted by molar-refractivity contribution is 0.837. The molecule has 74 valence electrons. The van der Waals surface area contributed by atoms with Crippen LogP contribution < -0.4 is 0 Å². The number of aromatic nitrogens is 4. The third-order valence-electron chi connectivity index (χ3n) is 2.08. The van der Waals surface area contributed by atoms with Gasteiger partial charge in [-0.1, -0.05) is 0 Å². The first-order valence-corrected chi connectivity index (χ1v) is 4.86. The molecular weight excluding hydrogens is 200 g/mol. The number of rotatable bonds is 1. The maximum Gasteiger partial charge on any atom is 0.177 e. The van der Waals surface area contributed by atoms with Gasteiger partial charge in [0.2, 0.25) is 0 Å². The Morgan fingerprint density at radius 2 is 2.14 bits per heavy atom. The van der Waals surface area contributed by atoms with Crippen molar-refractivity contribution in [3.05, 3.63) is 23.4 Å². The van der Waals surface area contributed by atoms with Crippen molar-refractivity contribution < 1.29 is 0 Å². The third kappa shape index (κ3) is 1.35. The lowest BCUT2D eigenvalue weighted by Crippen LogP contribution is -1.97. The van der Waals surface area contributed by atoms with Crippen LogP contribution in [0.25, 0.3) is 5.65 Å². The van der Waals surface area contributed by atoms with Crippen molar-refractivity contribution in [1.29, 1.82) is 0 Å². The molecule has 0 aliphatic carbocycles. The summed E-state index contributed by atoms with van der Waals surface area (Å²) in [6.45, 7) is 5.71. The molecule has 14 heavy (non-hydrogen) atoms. The summed E-state index contributed by atoms with van der Waals surface area (Å²) in [5.74, 6) is 0.644. The van der Waals surface area contributed by atoms with E-state index in [1.54, 1.807) is 10.7 Å². The summed E-state index contributed by atoms with van der Waals surface area (Å²) in [6.07, 6.45) is 1.78. The molecule has 0 N–H and O–H groups in total. The smallest absolute Gasteiger partial charge is 0.177 e. The topological polar surface area (TPSA) is 43.1 Å². The van der Waals surface area contributed by atoms with Crippen LogP contribution in [0.1, 0.15) is 29.5 Å². The highest BCUT2D eigenvalue weighted by Crippen LogP contribution is 2.17. The van der Waals surface area contributed by atoms with Gasteiger partial charge in [-0.3, -0.25) is 4.98 Å². The molecule has 2 aromatic rings. The Hall–Kier alpha value is -1.16. The van der Waals surface area contributed by atoms with Gasteiger partial charge < -0.3 is 0 Å². The summed E-state index contributed by atoms with van der Waals surface area (Å²) in [6, 6.07) is 0. The predicted molar refractivity (Wildman–Crippen MR) is 54.5 cm³/mol. The lowest BCUT2D eigenvalue weighted by Gasteiger charge is -1.97. The molecule has 0 aliphatic heterocycles. The molecule has 0 radical (unpaired) electrons. The number of halogens is 1. The maximum atomic E-state index is 5.92. The highest BCUT2D eigenvalue weighted by molar-refractivity contribution is 6.20. The van der Waals surface area contributed by atoms with Gasteiger partial charge in [0, 0.05) is 6.20 Å². The van der Waals surface area contributed by atoms with Crippen LogP contribution in [0.4, 0.5) is 0 Å². The Balaban J connectivity index is 2.75. The maximum absolute atomic E-state index is 5.92. The Kier molecular flexibility index (Phi) is 2.15. The Morgan fingerprint density at radius 3 is 2.71 bits per heavy atom. The summed E-state index contributed by atoms with van der Waals surface area (Å²) >= 11 is 5.92. The minimum absolute atomic E-state index is 0.173. The summed E-state index contributed by atoms with van der Waals surface area (Å²) in [4.78, 5) is 8.54. The SMILES string of the molecule is Cc1ncc(C)n2nc([C@@H](C)Cl)nc12. The zero-order valence-corrected chi connectivity index (χ0v) is 9.08. The number of alkyl halides is 1. The molecule has 1 atom stereocenters. The van der Waals surface area contributed by atoms with Crippen molar-refractivity contribution >= 4 is 17.2 Å². The lowest BCUT2D eigenvalue weighted by atomic mass is 10.4. The van der Waals surface area contributed by atoms with Crippen LogP contribution in [0.2, 0.25) is 0 Å². The fourth-order valence-corrected chi connectivity index (χ4v) is 1.37. The van der Waals surface area contributed by atoms with Crippen LogP contribution >= 0.6 is 11.6 Å². The molecule has 0 fully saturated rings. The molecule has 2 heterocycles. The van der Waals surface area contributed by atoms with Gasteiger partial charge in [0.1, 0.15) is 0 Å². The largest absolute Gasteiger partial charge is 0.256 e. The van der Waals surface area contributed by atoms with Gasteiger partial charge in [0.15, 0.2) is 11.5 Å². The van der Waals surface area contributed by atoms with E-state index >= 15 is 0 Å². The fraction of sp³-hybridized carbons (Fsp3) is 0.444. The molecule has 0 saturated heterocycles. The van der Waals surface area contributed by atoms with Crippen LogP contribution in [-0.2, 0) is 0 Å². The van der Waals surface area contributed by atoms with Crippen molar-refractivity contribution in [2.24, 2.45) is 0 Å². The monoisotopic (exact) mass is 210 g/mol. The van der Waals surface area contributed by atoms with E-state index in [-0.39, 0.29) is 5.38 Å². The quantitative estimate of drug-likeness (QED) is 0.677. The molecule has 4 nitrogen and oxygen atoms in total. The average Bonchev–Trinajstić information content (AvgIpc) is 2.57. The predicted octanol–water partition coefficient (Wildman–Crippen LogP) is 2.04. The van der Waals surface area contributed by atoms with Gasteiger partial charge in [-0.05, 0) is 20.8 Å². The molecule has 0 amide bonds. The molecule has 0 saturated carbocycles. The van der Waals surface area contributed by atoms with Crippen molar-refractivity contribution in [1.82, 2.24) is 19.6 Å². The summed E-state index contributed by atoms with van der Waals surface area (Å²) in [5, 5.41) is 4.13. The molecule has 0 aromatic carbocycles. The second kappa shape index (κ2) is 3.20. The van der Waals surface area contributed by atoms with E-state index in [0.29, 0.717) is 5.82 Å². The van der Waals surface area contributed by atoms with Crippen LogP contribution in [0, 0.1) is 13.8 Å². The number of nitrogens with zero attached hydrogens (tertiary/aromatic N) is 4. The molecule has 0 spiro atoms. The van der Waals surface area contributed by atoms with E-state index in [0.717, 1.165) is 17.0 Å². The van der Waals surface area contributed by atoms with Crippen molar-refractivity contribution in [3.63, 3.8) is 0 Å². The first-order valence-electron chi connectivity index (χ1n) is 4.42. The van der Waals surface area contributed by atoms with Crippen molar-refractivity contribution in [2.75, 3.05) is 0 Å². The van der Waals surface area contributed by atoms with Crippen molar-refractivity contribution in [2.45, 2.75) is 26.1 Å². The van der Waals surface area contributed by atoms with Crippen LogP contribution in [0.3, 0.4) is 0 Å². The standard InChI is InChI=1S/C9H11ClN4/c1-5-4-11-7(3)9-12-8(6(2)10)13-14(5)9/h4,6H,1-3H3/t6-/m1/s1. The third-order valence-corrected chi connectivity index (χ3v) is 2.28. The molecule has 0 aliphatic rings. The van der Waals surface area contributed by atoms with Gasteiger partial charge in [-0.2, -0.15) is 0 Å². The minimum atomic E-state index is -0.173. The summed E-state index contributed by atoms with van der Waals surface area (Å²) in [5.41, 5.74) is 2.61. The fourth-order valence-electron chi connectivity index (χ4n) is 1.28.